The monoisotopic (exact) mass is 272 g/mol. The number of hydrogen-bond donors (Lipinski definition) is 4. The number of phenols is 4. The number of fused-ring (bicyclic) bond motifs is 2. The molecule has 0 saturated heterocycles. The molecule has 1 aliphatic rings. The van der Waals surface area contributed by atoms with Gasteiger partial charge in [0.25, 0.3) is 0 Å². The molecule has 0 unspecified atom stereocenters. The van der Waals surface area contributed by atoms with Crippen LogP contribution in [0.15, 0.2) is 24.3 Å². The third kappa shape index (κ3) is 1.61. The maximum Gasteiger partial charge on any atom is 0.157 e. The average molecular weight is 272 g/mol. The van der Waals surface area contributed by atoms with E-state index in [2.05, 4.69) is 0 Å². The van der Waals surface area contributed by atoms with Gasteiger partial charge < -0.3 is 20.4 Å². The third-order valence-corrected chi connectivity index (χ3v) is 4.23. The van der Waals surface area contributed by atoms with Crippen LogP contribution in [0.4, 0.5) is 0 Å². The lowest BCUT2D eigenvalue weighted by Crippen LogP contribution is -2.14. The molecule has 3 rings (SSSR count). The normalized spacial score (nSPS) is 20.3. The minimum Gasteiger partial charge on any atom is -0.504 e. The second kappa shape index (κ2) is 4.07. The molecule has 1 aliphatic carbocycles. The van der Waals surface area contributed by atoms with Crippen molar-refractivity contribution < 1.29 is 20.4 Å². The average Bonchev–Trinajstić information content (AvgIpc) is 2.41. The van der Waals surface area contributed by atoms with Gasteiger partial charge in [-0.3, -0.25) is 0 Å². The predicted molar refractivity (Wildman–Crippen MR) is 74.6 cm³/mol. The zero-order valence-electron chi connectivity index (χ0n) is 11.3. The molecule has 0 aromatic heterocycles. The maximum atomic E-state index is 9.69. The molecule has 0 amide bonds. The topological polar surface area (TPSA) is 80.9 Å². The zero-order valence-corrected chi connectivity index (χ0v) is 11.3. The molecule has 2 aromatic carbocycles. The molecule has 4 N–H and O–H groups in total. The molecular formula is C16H16O4. The van der Waals surface area contributed by atoms with Gasteiger partial charge in [-0.25, -0.2) is 0 Å². The molecule has 0 bridgehead atoms. The van der Waals surface area contributed by atoms with Gasteiger partial charge in [0.15, 0.2) is 23.0 Å². The van der Waals surface area contributed by atoms with Gasteiger partial charge in [0.1, 0.15) is 0 Å². The largest absolute Gasteiger partial charge is 0.504 e. The third-order valence-electron chi connectivity index (χ3n) is 4.23. The SMILES string of the molecule is CC1c2cc(O)c(O)cc2C(C)c2cc(O)c(O)cc21. The molecule has 4 heteroatoms. The van der Waals surface area contributed by atoms with Crippen LogP contribution in [0, 0.1) is 0 Å². The highest BCUT2D eigenvalue weighted by molar-refractivity contribution is 5.60. The van der Waals surface area contributed by atoms with E-state index in [0.717, 1.165) is 22.3 Å². The number of hydrogen-bond acceptors (Lipinski definition) is 4. The van der Waals surface area contributed by atoms with Crippen LogP contribution in [-0.4, -0.2) is 20.4 Å². The summed E-state index contributed by atoms with van der Waals surface area (Å²) in [5.41, 5.74) is 3.69. The van der Waals surface area contributed by atoms with Crippen molar-refractivity contribution in [3.63, 3.8) is 0 Å². The predicted octanol–water partition coefficient (Wildman–Crippen LogP) is 3.13. The van der Waals surface area contributed by atoms with Crippen molar-refractivity contribution in [2.75, 3.05) is 0 Å². The quantitative estimate of drug-likeness (QED) is 0.555. The fraction of sp³-hybridized carbons (Fsp3) is 0.250. The minimum absolute atomic E-state index is 0.0331. The standard InChI is InChI=1S/C16H16O4/c1-7-9-3-13(17)15(19)5-11(9)8(2)12-6-16(20)14(18)4-10(7)12/h3-8,17-20H,1-2H3. The van der Waals surface area contributed by atoms with Crippen LogP contribution >= 0.6 is 0 Å². The maximum absolute atomic E-state index is 9.69. The molecule has 0 fully saturated rings. The van der Waals surface area contributed by atoms with Crippen LogP contribution in [0.1, 0.15) is 47.9 Å². The lowest BCUT2D eigenvalue weighted by atomic mass is 9.73. The first-order valence-corrected chi connectivity index (χ1v) is 6.51. The Morgan fingerprint density at radius 3 is 0.950 bits per heavy atom. The Balaban J connectivity index is 2.27. The van der Waals surface area contributed by atoms with E-state index in [1.54, 1.807) is 24.3 Å². The van der Waals surface area contributed by atoms with Gasteiger partial charge in [-0.05, 0) is 46.5 Å². The summed E-state index contributed by atoms with van der Waals surface area (Å²) in [4.78, 5) is 0. The van der Waals surface area contributed by atoms with E-state index in [1.807, 2.05) is 13.8 Å². The van der Waals surface area contributed by atoms with Gasteiger partial charge in [-0.1, -0.05) is 13.8 Å². The molecular weight excluding hydrogens is 256 g/mol. The first-order valence-electron chi connectivity index (χ1n) is 6.51. The van der Waals surface area contributed by atoms with Crippen molar-refractivity contribution >= 4 is 0 Å². The molecule has 4 nitrogen and oxygen atoms in total. The molecule has 0 atom stereocenters. The van der Waals surface area contributed by atoms with Crippen molar-refractivity contribution in [1.29, 1.82) is 0 Å². The summed E-state index contributed by atoms with van der Waals surface area (Å²) < 4.78 is 0. The summed E-state index contributed by atoms with van der Waals surface area (Å²) in [7, 11) is 0. The number of rotatable bonds is 0. The lowest BCUT2D eigenvalue weighted by molar-refractivity contribution is 0.399. The summed E-state index contributed by atoms with van der Waals surface area (Å²) in [5.74, 6) is -0.643. The van der Waals surface area contributed by atoms with Gasteiger partial charge in [0.05, 0.1) is 0 Å². The van der Waals surface area contributed by atoms with E-state index >= 15 is 0 Å². The van der Waals surface area contributed by atoms with Crippen LogP contribution in [0.3, 0.4) is 0 Å². The van der Waals surface area contributed by atoms with Crippen LogP contribution in [0.2, 0.25) is 0 Å². The smallest absolute Gasteiger partial charge is 0.157 e. The van der Waals surface area contributed by atoms with Crippen LogP contribution < -0.4 is 0 Å². The molecule has 0 spiro atoms. The Hall–Kier alpha value is -2.36. The van der Waals surface area contributed by atoms with E-state index in [-0.39, 0.29) is 34.8 Å². The number of aromatic hydroxyl groups is 4. The molecule has 104 valence electrons. The van der Waals surface area contributed by atoms with Gasteiger partial charge in [0, 0.05) is 11.8 Å². The highest BCUT2D eigenvalue weighted by Gasteiger charge is 2.30. The molecule has 2 aromatic rings. The van der Waals surface area contributed by atoms with Crippen LogP contribution in [-0.2, 0) is 0 Å². The number of phenolic OH excluding ortho intramolecular Hbond substituents is 4. The summed E-state index contributed by atoms with van der Waals surface area (Å²) in [5, 5.41) is 38.7. The van der Waals surface area contributed by atoms with Gasteiger partial charge in [-0.2, -0.15) is 0 Å². The van der Waals surface area contributed by atoms with E-state index in [1.165, 1.54) is 0 Å². The van der Waals surface area contributed by atoms with Crippen molar-refractivity contribution in [1.82, 2.24) is 0 Å². The lowest BCUT2D eigenvalue weighted by Gasteiger charge is -2.31. The van der Waals surface area contributed by atoms with Gasteiger partial charge >= 0.3 is 0 Å². The second-order valence-corrected chi connectivity index (χ2v) is 5.38. The first-order chi connectivity index (χ1) is 9.40. The summed E-state index contributed by atoms with van der Waals surface area (Å²) in [6.45, 7) is 3.94. The molecule has 20 heavy (non-hydrogen) atoms. The molecule has 0 aliphatic heterocycles. The van der Waals surface area contributed by atoms with Crippen molar-refractivity contribution in [3.8, 4) is 23.0 Å². The Bertz CT molecular complexity index is 587. The Morgan fingerprint density at radius 2 is 0.750 bits per heavy atom. The minimum atomic E-state index is -0.144. The molecule has 0 saturated carbocycles. The van der Waals surface area contributed by atoms with Crippen molar-refractivity contribution in [3.05, 3.63) is 46.5 Å². The van der Waals surface area contributed by atoms with E-state index in [0.29, 0.717) is 0 Å². The van der Waals surface area contributed by atoms with E-state index in [4.69, 9.17) is 0 Å². The summed E-state index contributed by atoms with van der Waals surface area (Å²) in [6, 6.07) is 6.27. The number of benzene rings is 2. The highest BCUT2D eigenvalue weighted by atomic mass is 16.3. The van der Waals surface area contributed by atoms with E-state index in [9.17, 15) is 20.4 Å². The van der Waals surface area contributed by atoms with Crippen molar-refractivity contribution in [2.45, 2.75) is 25.7 Å². The second-order valence-electron chi connectivity index (χ2n) is 5.38. The zero-order chi connectivity index (χ0) is 14.6. The fourth-order valence-corrected chi connectivity index (χ4v) is 3.05. The van der Waals surface area contributed by atoms with Gasteiger partial charge in [-0.15, -0.1) is 0 Å². The Labute approximate surface area is 116 Å². The Morgan fingerprint density at radius 1 is 0.550 bits per heavy atom. The van der Waals surface area contributed by atoms with E-state index < -0.39 is 0 Å². The van der Waals surface area contributed by atoms with Gasteiger partial charge in [0.2, 0.25) is 0 Å². The highest BCUT2D eigenvalue weighted by Crippen LogP contribution is 2.48. The molecule has 0 heterocycles. The first kappa shape index (κ1) is 12.7. The van der Waals surface area contributed by atoms with Crippen LogP contribution in [0.25, 0.3) is 0 Å². The summed E-state index contributed by atoms with van der Waals surface area (Å²) in [6.07, 6.45) is 0. The fourth-order valence-electron chi connectivity index (χ4n) is 3.05. The Kier molecular flexibility index (Phi) is 2.57. The van der Waals surface area contributed by atoms with Crippen molar-refractivity contribution in [2.24, 2.45) is 0 Å². The molecule has 0 radical (unpaired) electrons. The summed E-state index contributed by atoms with van der Waals surface area (Å²) >= 11 is 0. The van der Waals surface area contributed by atoms with Crippen LogP contribution in [0.5, 0.6) is 23.0 Å².